The molecule has 0 radical (unpaired) electrons. The van der Waals surface area contributed by atoms with Gasteiger partial charge in [-0.2, -0.15) is 0 Å². The van der Waals surface area contributed by atoms with Gasteiger partial charge in [-0.3, -0.25) is 4.79 Å². The molecule has 22 heavy (non-hydrogen) atoms. The zero-order chi connectivity index (χ0) is 15.8. The number of nitrogens with one attached hydrogen (secondary N) is 1. The molecule has 0 saturated carbocycles. The number of carbonyl (C=O) groups is 1. The van der Waals surface area contributed by atoms with Gasteiger partial charge in [-0.15, -0.1) is 0 Å². The zero-order valence-corrected chi connectivity index (χ0v) is 12.5. The smallest absolute Gasteiger partial charge is 0.267 e. The van der Waals surface area contributed by atoms with E-state index in [0.29, 0.717) is 5.69 Å². The quantitative estimate of drug-likeness (QED) is 0.658. The third kappa shape index (κ3) is 4.63. The van der Waals surface area contributed by atoms with Gasteiger partial charge in [0.15, 0.2) is 0 Å². The Labute approximate surface area is 129 Å². The van der Waals surface area contributed by atoms with Gasteiger partial charge in [0, 0.05) is 5.69 Å². The minimum atomic E-state index is -0.693. The van der Waals surface area contributed by atoms with Gasteiger partial charge in [0.2, 0.25) is 6.10 Å². The highest BCUT2D eigenvalue weighted by Gasteiger charge is 2.14. The SMILES string of the molecule is COc1ccc(NC(=O)C(C)ON=Cc2ccccc2)cc1. The maximum atomic E-state index is 12.0. The van der Waals surface area contributed by atoms with Crippen molar-refractivity contribution in [3.05, 3.63) is 60.2 Å². The Morgan fingerprint density at radius 1 is 1.14 bits per heavy atom. The lowest BCUT2D eigenvalue weighted by Crippen LogP contribution is -2.26. The average molecular weight is 298 g/mol. The first kappa shape index (κ1) is 15.6. The van der Waals surface area contributed by atoms with Crippen molar-refractivity contribution < 1.29 is 14.4 Å². The van der Waals surface area contributed by atoms with Crippen molar-refractivity contribution in [3.63, 3.8) is 0 Å². The van der Waals surface area contributed by atoms with E-state index in [0.717, 1.165) is 11.3 Å². The van der Waals surface area contributed by atoms with Crippen LogP contribution in [0.5, 0.6) is 5.75 Å². The molecule has 2 aromatic carbocycles. The fourth-order valence-electron chi connectivity index (χ4n) is 1.69. The van der Waals surface area contributed by atoms with Crippen LogP contribution >= 0.6 is 0 Å². The van der Waals surface area contributed by atoms with Gasteiger partial charge in [0.05, 0.1) is 13.3 Å². The van der Waals surface area contributed by atoms with E-state index in [4.69, 9.17) is 9.57 Å². The number of carbonyl (C=O) groups excluding carboxylic acids is 1. The van der Waals surface area contributed by atoms with E-state index in [-0.39, 0.29) is 5.91 Å². The molecule has 0 fully saturated rings. The normalized spacial score (nSPS) is 11.9. The monoisotopic (exact) mass is 298 g/mol. The summed E-state index contributed by atoms with van der Waals surface area (Å²) in [7, 11) is 1.59. The second kappa shape index (κ2) is 7.83. The van der Waals surface area contributed by atoms with Gasteiger partial charge in [-0.25, -0.2) is 0 Å². The molecular formula is C17H18N2O3. The van der Waals surface area contributed by atoms with Gasteiger partial charge < -0.3 is 14.9 Å². The molecule has 0 spiro atoms. The molecule has 1 unspecified atom stereocenters. The van der Waals surface area contributed by atoms with E-state index in [1.54, 1.807) is 44.5 Å². The van der Waals surface area contributed by atoms with Gasteiger partial charge in [0.25, 0.3) is 5.91 Å². The van der Waals surface area contributed by atoms with E-state index in [2.05, 4.69) is 10.5 Å². The molecule has 114 valence electrons. The number of anilines is 1. The Morgan fingerprint density at radius 2 is 1.82 bits per heavy atom. The summed E-state index contributed by atoms with van der Waals surface area (Å²) in [6.07, 6.45) is 0.874. The average Bonchev–Trinajstić information content (AvgIpc) is 2.56. The molecule has 0 aliphatic carbocycles. The van der Waals surface area contributed by atoms with Crippen LogP contribution in [0.4, 0.5) is 5.69 Å². The zero-order valence-electron chi connectivity index (χ0n) is 12.5. The summed E-state index contributed by atoms with van der Waals surface area (Å²) in [5.41, 5.74) is 1.58. The van der Waals surface area contributed by atoms with Crippen molar-refractivity contribution in [2.45, 2.75) is 13.0 Å². The van der Waals surface area contributed by atoms with Crippen LogP contribution in [0, 0.1) is 0 Å². The van der Waals surface area contributed by atoms with E-state index < -0.39 is 6.10 Å². The maximum Gasteiger partial charge on any atom is 0.267 e. The Hall–Kier alpha value is -2.82. The second-order valence-electron chi connectivity index (χ2n) is 4.61. The Kier molecular flexibility index (Phi) is 5.54. The lowest BCUT2D eigenvalue weighted by Gasteiger charge is -2.10. The molecule has 0 heterocycles. The number of hydrogen-bond donors (Lipinski definition) is 1. The Balaban J connectivity index is 1.85. The van der Waals surface area contributed by atoms with Crippen LogP contribution in [0.25, 0.3) is 0 Å². The number of methoxy groups -OCH3 is 1. The van der Waals surface area contributed by atoms with Crippen LogP contribution in [0.2, 0.25) is 0 Å². The van der Waals surface area contributed by atoms with E-state index in [1.165, 1.54) is 0 Å². The molecule has 0 bridgehead atoms. The molecule has 1 atom stereocenters. The molecule has 0 aliphatic heterocycles. The summed E-state index contributed by atoms with van der Waals surface area (Å²) in [4.78, 5) is 17.1. The number of rotatable bonds is 6. The molecule has 5 heteroatoms. The molecule has 0 saturated heterocycles. The van der Waals surface area contributed by atoms with Crippen molar-refractivity contribution in [3.8, 4) is 5.75 Å². The molecule has 0 aromatic heterocycles. The number of oxime groups is 1. The summed E-state index contributed by atoms with van der Waals surface area (Å²) in [6, 6.07) is 16.6. The molecule has 5 nitrogen and oxygen atoms in total. The highest BCUT2D eigenvalue weighted by atomic mass is 16.6. The summed E-state index contributed by atoms with van der Waals surface area (Å²) in [5.74, 6) is 0.463. The predicted molar refractivity (Wildman–Crippen MR) is 86.2 cm³/mol. The lowest BCUT2D eigenvalue weighted by molar-refractivity contribution is -0.126. The number of amides is 1. The topological polar surface area (TPSA) is 59.9 Å². The Bertz CT molecular complexity index is 624. The second-order valence-corrected chi connectivity index (χ2v) is 4.61. The van der Waals surface area contributed by atoms with Crippen molar-refractivity contribution in [1.82, 2.24) is 0 Å². The molecule has 2 aromatic rings. The van der Waals surface area contributed by atoms with Crippen LogP contribution in [0.15, 0.2) is 59.8 Å². The first-order valence-electron chi connectivity index (χ1n) is 6.88. The van der Waals surface area contributed by atoms with E-state index >= 15 is 0 Å². The van der Waals surface area contributed by atoms with Crippen molar-refractivity contribution in [2.24, 2.45) is 5.16 Å². The molecule has 0 aliphatic rings. The molecule has 1 amide bonds. The van der Waals surface area contributed by atoms with Crippen LogP contribution in [0.1, 0.15) is 12.5 Å². The predicted octanol–water partition coefficient (Wildman–Crippen LogP) is 3.07. The van der Waals surface area contributed by atoms with Crippen LogP contribution in [0.3, 0.4) is 0 Å². The molecular weight excluding hydrogens is 280 g/mol. The minimum Gasteiger partial charge on any atom is -0.497 e. The number of benzene rings is 2. The third-order valence-corrected chi connectivity index (χ3v) is 2.95. The first-order valence-corrected chi connectivity index (χ1v) is 6.88. The summed E-state index contributed by atoms with van der Waals surface area (Å²) < 4.78 is 5.06. The lowest BCUT2D eigenvalue weighted by atomic mass is 10.2. The van der Waals surface area contributed by atoms with E-state index in [9.17, 15) is 4.79 Å². The highest BCUT2D eigenvalue weighted by Crippen LogP contribution is 2.15. The molecule has 2 rings (SSSR count). The summed E-state index contributed by atoms with van der Waals surface area (Å²) in [6.45, 7) is 1.64. The summed E-state index contributed by atoms with van der Waals surface area (Å²) in [5, 5.41) is 6.57. The van der Waals surface area contributed by atoms with Crippen molar-refractivity contribution in [2.75, 3.05) is 12.4 Å². The number of hydrogen-bond acceptors (Lipinski definition) is 4. The third-order valence-electron chi connectivity index (χ3n) is 2.95. The minimum absolute atomic E-state index is 0.268. The highest BCUT2D eigenvalue weighted by molar-refractivity contribution is 5.94. The van der Waals surface area contributed by atoms with E-state index in [1.807, 2.05) is 30.3 Å². The standard InChI is InChI=1S/C17H18N2O3/c1-13(22-18-12-14-6-4-3-5-7-14)17(20)19-15-8-10-16(21-2)11-9-15/h3-13H,1-2H3,(H,19,20). The van der Waals surface area contributed by atoms with Crippen LogP contribution < -0.4 is 10.1 Å². The van der Waals surface area contributed by atoms with Crippen LogP contribution in [-0.4, -0.2) is 25.3 Å². The van der Waals surface area contributed by atoms with Crippen molar-refractivity contribution in [1.29, 1.82) is 0 Å². The fraction of sp³-hybridized carbons (Fsp3) is 0.176. The number of ether oxygens (including phenoxy) is 1. The number of nitrogens with zero attached hydrogens (tertiary/aromatic N) is 1. The largest absolute Gasteiger partial charge is 0.497 e. The van der Waals surface area contributed by atoms with Crippen LogP contribution in [-0.2, 0) is 9.63 Å². The van der Waals surface area contributed by atoms with Gasteiger partial charge in [-0.1, -0.05) is 35.5 Å². The maximum absolute atomic E-state index is 12.0. The summed E-state index contributed by atoms with van der Waals surface area (Å²) >= 11 is 0. The van der Waals surface area contributed by atoms with Gasteiger partial charge in [-0.05, 0) is 36.8 Å². The van der Waals surface area contributed by atoms with Gasteiger partial charge >= 0.3 is 0 Å². The van der Waals surface area contributed by atoms with Crippen molar-refractivity contribution >= 4 is 17.8 Å². The Morgan fingerprint density at radius 3 is 2.45 bits per heavy atom. The fourth-order valence-corrected chi connectivity index (χ4v) is 1.69. The van der Waals surface area contributed by atoms with Gasteiger partial charge in [0.1, 0.15) is 5.75 Å². The first-order chi connectivity index (χ1) is 10.7. The molecule has 1 N–H and O–H groups in total.